The highest BCUT2D eigenvalue weighted by Gasteiger charge is 2.54. The van der Waals surface area contributed by atoms with Crippen LogP contribution in [-0.4, -0.2) is 76.4 Å². The number of ketones is 1. The Kier molecular flexibility index (Phi) is 9.83. The Hall–Kier alpha value is -3.40. The molecule has 1 aromatic carbocycles. The van der Waals surface area contributed by atoms with Gasteiger partial charge in [-0.05, 0) is 60.6 Å². The molecule has 2 unspecified atom stereocenters. The largest absolute Gasteiger partial charge is 0.356 e. The second-order valence-corrected chi connectivity index (χ2v) is 14.4. The van der Waals surface area contributed by atoms with E-state index in [1.54, 1.807) is 11.0 Å². The summed E-state index contributed by atoms with van der Waals surface area (Å²) in [5.74, 6) is -2.56. The van der Waals surface area contributed by atoms with E-state index >= 15 is 0 Å². The summed E-state index contributed by atoms with van der Waals surface area (Å²) in [7, 11) is 0. The number of carbonyl (C=O) groups is 5. The van der Waals surface area contributed by atoms with E-state index in [-0.39, 0.29) is 35.8 Å². The Morgan fingerprint density at radius 3 is 2.48 bits per heavy atom. The maximum absolute atomic E-state index is 14.3. The number of aryl methyl sites for hydroxylation is 1. The summed E-state index contributed by atoms with van der Waals surface area (Å²) < 4.78 is 0. The van der Waals surface area contributed by atoms with Gasteiger partial charge in [0.1, 0.15) is 17.8 Å². The number of aromatic amines is 1. The minimum atomic E-state index is -0.957. The van der Waals surface area contributed by atoms with E-state index in [0.717, 1.165) is 22.9 Å². The van der Waals surface area contributed by atoms with Crippen molar-refractivity contribution in [1.29, 1.82) is 0 Å². The van der Waals surface area contributed by atoms with Gasteiger partial charge in [0.15, 0.2) is 5.78 Å². The molecule has 4 N–H and O–H groups in total. The monoisotopic (exact) mass is 627 g/mol. The molecule has 10 nitrogen and oxygen atoms in total. The van der Waals surface area contributed by atoms with E-state index in [1.165, 1.54) is 0 Å². The number of alkyl halides is 1. The van der Waals surface area contributed by atoms with Crippen LogP contribution in [0.3, 0.4) is 0 Å². The van der Waals surface area contributed by atoms with Crippen LogP contribution in [0.2, 0.25) is 0 Å². The SMILES string of the molecule is Cc1cccc2[nH]c(C(=O)N[C@H](C(=O)N3C[C@@H](C)C(C)(C)[C@H]3C(=O)NC(CC3CCCNC3=O)C(=O)CCl)C(C)(C)C)cc12. The number of carbonyl (C=O) groups excluding carboxylic acids is 5. The minimum absolute atomic E-state index is 0.0542. The minimum Gasteiger partial charge on any atom is -0.356 e. The highest BCUT2D eigenvalue weighted by atomic mass is 35.5. The van der Waals surface area contributed by atoms with E-state index < -0.39 is 46.7 Å². The zero-order valence-corrected chi connectivity index (χ0v) is 27.6. The summed E-state index contributed by atoms with van der Waals surface area (Å²) in [6.07, 6.45) is 1.55. The highest BCUT2D eigenvalue weighted by molar-refractivity contribution is 6.28. The van der Waals surface area contributed by atoms with Crippen LogP contribution in [0, 0.1) is 29.6 Å². The average Bonchev–Trinajstić information content (AvgIpc) is 3.50. The predicted molar refractivity (Wildman–Crippen MR) is 170 cm³/mol. The molecule has 240 valence electrons. The molecule has 4 amide bonds. The van der Waals surface area contributed by atoms with Crippen LogP contribution in [-0.2, 0) is 19.2 Å². The van der Waals surface area contributed by atoms with Crippen LogP contribution in [0.25, 0.3) is 10.9 Å². The molecule has 2 aromatic rings. The Labute approximate surface area is 264 Å². The third kappa shape index (κ3) is 6.80. The Balaban J connectivity index is 1.59. The zero-order valence-electron chi connectivity index (χ0n) is 26.8. The van der Waals surface area contributed by atoms with E-state index in [0.29, 0.717) is 25.2 Å². The average molecular weight is 628 g/mol. The number of benzene rings is 1. The molecule has 0 aliphatic carbocycles. The molecule has 3 heterocycles. The van der Waals surface area contributed by atoms with E-state index in [4.69, 9.17) is 11.6 Å². The van der Waals surface area contributed by atoms with Crippen molar-refractivity contribution in [3.8, 4) is 0 Å². The van der Waals surface area contributed by atoms with Crippen LogP contribution in [0.1, 0.15) is 76.9 Å². The van der Waals surface area contributed by atoms with Crippen LogP contribution in [0.4, 0.5) is 0 Å². The zero-order chi connectivity index (χ0) is 32.6. The molecular weight excluding hydrogens is 582 g/mol. The van der Waals surface area contributed by atoms with Gasteiger partial charge in [-0.25, -0.2) is 0 Å². The number of nitrogens with one attached hydrogen (secondary N) is 4. The first-order valence-corrected chi connectivity index (χ1v) is 16.0. The first-order valence-electron chi connectivity index (χ1n) is 15.4. The van der Waals surface area contributed by atoms with Crippen LogP contribution < -0.4 is 16.0 Å². The summed E-state index contributed by atoms with van der Waals surface area (Å²) in [5.41, 5.74) is 0.871. The third-order valence-electron chi connectivity index (χ3n) is 9.56. The second kappa shape index (κ2) is 12.9. The molecule has 5 atom stereocenters. The summed E-state index contributed by atoms with van der Waals surface area (Å²) in [6.45, 7) is 14.3. The number of hydrogen-bond donors (Lipinski definition) is 4. The topological polar surface area (TPSA) is 140 Å². The lowest BCUT2D eigenvalue weighted by Crippen LogP contribution is -2.60. The first-order chi connectivity index (χ1) is 20.6. The lowest BCUT2D eigenvalue weighted by molar-refractivity contribution is -0.144. The number of hydrogen-bond acceptors (Lipinski definition) is 5. The van der Waals surface area contributed by atoms with Gasteiger partial charge in [0.25, 0.3) is 5.91 Å². The molecule has 0 radical (unpaired) electrons. The number of H-pyrrole nitrogens is 1. The predicted octanol–water partition coefficient (Wildman–Crippen LogP) is 3.70. The van der Waals surface area contributed by atoms with E-state index in [1.807, 2.05) is 66.7 Å². The summed E-state index contributed by atoms with van der Waals surface area (Å²) >= 11 is 5.92. The number of fused-ring (bicyclic) bond motifs is 1. The Morgan fingerprint density at radius 2 is 1.86 bits per heavy atom. The van der Waals surface area contributed by atoms with Crippen molar-refractivity contribution in [1.82, 2.24) is 25.8 Å². The maximum atomic E-state index is 14.3. The van der Waals surface area contributed by atoms with Gasteiger partial charge in [0, 0.05) is 29.9 Å². The number of halogens is 1. The van der Waals surface area contributed by atoms with Gasteiger partial charge in [-0.1, -0.05) is 53.7 Å². The summed E-state index contributed by atoms with van der Waals surface area (Å²) in [5, 5.41) is 9.56. The third-order valence-corrected chi connectivity index (χ3v) is 9.82. The molecule has 1 aromatic heterocycles. The lowest BCUT2D eigenvalue weighted by atomic mass is 9.77. The van der Waals surface area contributed by atoms with Gasteiger partial charge in [0.05, 0.1) is 11.9 Å². The fourth-order valence-electron chi connectivity index (χ4n) is 6.42. The summed E-state index contributed by atoms with van der Waals surface area (Å²) in [6, 6.07) is 4.75. The van der Waals surface area contributed by atoms with Gasteiger partial charge in [-0.2, -0.15) is 0 Å². The normalized spacial score (nSPS) is 23.1. The van der Waals surface area contributed by atoms with Crippen molar-refractivity contribution >= 4 is 51.9 Å². The van der Waals surface area contributed by atoms with Crippen LogP contribution in [0.15, 0.2) is 24.3 Å². The Bertz CT molecular complexity index is 1440. The molecule has 11 heteroatoms. The second-order valence-electron chi connectivity index (χ2n) is 14.1. The van der Waals surface area contributed by atoms with Crippen LogP contribution >= 0.6 is 11.6 Å². The van der Waals surface area contributed by atoms with Gasteiger partial charge < -0.3 is 25.8 Å². The molecule has 2 fully saturated rings. The molecule has 0 spiro atoms. The van der Waals surface area contributed by atoms with Gasteiger partial charge in [-0.3, -0.25) is 24.0 Å². The number of piperidine rings is 1. The fourth-order valence-corrected chi connectivity index (χ4v) is 6.60. The van der Waals surface area contributed by atoms with Crippen molar-refractivity contribution in [3.05, 3.63) is 35.5 Å². The van der Waals surface area contributed by atoms with Gasteiger partial charge in [-0.15, -0.1) is 11.6 Å². The van der Waals surface area contributed by atoms with Gasteiger partial charge >= 0.3 is 0 Å². The molecule has 2 aliphatic heterocycles. The maximum Gasteiger partial charge on any atom is 0.268 e. The number of Topliss-reactive ketones (excluding diaryl/α,β-unsaturated/α-hetero) is 1. The van der Waals surface area contributed by atoms with E-state index in [2.05, 4.69) is 20.9 Å². The molecule has 0 bridgehead atoms. The van der Waals surface area contributed by atoms with Crippen molar-refractivity contribution in [3.63, 3.8) is 0 Å². The molecule has 2 saturated heterocycles. The summed E-state index contributed by atoms with van der Waals surface area (Å²) in [4.78, 5) is 71.9. The number of amides is 4. The first kappa shape index (κ1) is 33.5. The number of likely N-dealkylation sites (tertiary alicyclic amines) is 1. The smallest absolute Gasteiger partial charge is 0.268 e. The van der Waals surface area contributed by atoms with Crippen molar-refractivity contribution in [2.45, 2.75) is 85.9 Å². The number of nitrogens with zero attached hydrogens (tertiary/aromatic N) is 1. The molecule has 0 saturated carbocycles. The van der Waals surface area contributed by atoms with Crippen LogP contribution in [0.5, 0.6) is 0 Å². The quantitative estimate of drug-likeness (QED) is 0.314. The van der Waals surface area contributed by atoms with Crippen molar-refractivity contribution < 1.29 is 24.0 Å². The molecular formula is C33H46ClN5O5. The molecule has 2 aliphatic rings. The fraction of sp³-hybridized carbons (Fsp3) is 0.606. The van der Waals surface area contributed by atoms with Gasteiger partial charge in [0.2, 0.25) is 17.7 Å². The Morgan fingerprint density at radius 1 is 1.16 bits per heavy atom. The van der Waals surface area contributed by atoms with Crippen molar-refractivity contribution in [2.24, 2.45) is 22.7 Å². The molecule has 4 rings (SSSR count). The standard InChI is InChI=1S/C33H46ClN5O5/c1-18-10-8-12-22-21(18)15-24(36-22)29(42)38-26(32(3,4)5)31(44)39-17-19(2)33(6,7)27(39)30(43)37-23(25(40)16-34)14-20-11-9-13-35-28(20)41/h8,10,12,15,19-20,23,26-27,36H,9,11,13-14,16-17H2,1-7H3,(H,35,41)(H,37,43)(H,38,42)/t19-,20?,23?,26-,27-/m1/s1. The van der Waals surface area contributed by atoms with Crippen molar-refractivity contribution in [2.75, 3.05) is 19.0 Å². The lowest BCUT2D eigenvalue weighted by Gasteiger charge is -2.38. The number of rotatable bonds is 9. The highest BCUT2D eigenvalue weighted by Crippen LogP contribution is 2.42. The molecule has 44 heavy (non-hydrogen) atoms. The van der Waals surface area contributed by atoms with E-state index in [9.17, 15) is 24.0 Å². The number of aromatic nitrogens is 1.